The molecule has 19 heavy (non-hydrogen) atoms. The van der Waals surface area contributed by atoms with Gasteiger partial charge in [0.05, 0.1) is 24.0 Å². The molecule has 1 aliphatic carbocycles. The van der Waals surface area contributed by atoms with E-state index in [0.29, 0.717) is 23.8 Å². The second kappa shape index (κ2) is 6.17. The van der Waals surface area contributed by atoms with Crippen LogP contribution in [-0.2, 0) is 4.79 Å². The van der Waals surface area contributed by atoms with Gasteiger partial charge in [-0.1, -0.05) is 0 Å². The standard InChI is InChI=1S/C13H18N4O2/c1-2-15-11-7-14-6-5-10(11)13(19)16-8-12(18)17-9-3-4-9/h5-7,9,15H,2-4,8H2,1H3,(H,16,19)(H,17,18). The second-order valence-corrected chi connectivity index (χ2v) is 4.48. The van der Waals surface area contributed by atoms with Crippen molar-refractivity contribution in [3.63, 3.8) is 0 Å². The minimum Gasteiger partial charge on any atom is -0.383 e. The third kappa shape index (κ3) is 3.94. The number of rotatable bonds is 6. The van der Waals surface area contributed by atoms with E-state index in [0.717, 1.165) is 12.8 Å². The molecular formula is C13H18N4O2. The van der Waals surface area contributed by atoms with Crippen molar-refractivity contribution in [2.45, 2.75) is 25.8 Å². The van der Waals surface area contributed by atoms with Gasteiger partial charge in [0, 0.05) is 18.8 Å². The Kier molecular flexibility index (Phi) is 4.33. The van der Waals surface area contributed by atoms with Crippen LogP contribution in [0, 0.1) is 0 Å². The Hall–Kier alpha value is -2.11. The monoisotopic (exact) mass is 262 g/mol. The van der Waals surface area contributed by atoms with Crippen molar-refractivity contribution in [1.29, 1.82) is 0 Å². The first-order valence-electron chi connectivity index (χ1n) is 6.46. The Bertz CT molecular complexity index is 471. The van der Waals surface area contributed by atoms with Crippen LogP contribution in [0.15, 0.2) is 18.5 Å². The minimum absolute atomic E-state index is 0.00320. The fraction of sp³-hybridized carbons (Fsp3) is 0.462. The van der Waals surface area contributed by atoms with E-state index in [1.54, 1.807) is 18.5 Å². The van der Waals surface area contributed by atoms with Gasteiger partial charge in [0.25, 0.3) is 5.91 Å². The Labute approximate surface area is 112 Å². The molecule has 6 nitrogen and oxygen atoms in total. The van der Waals surface area contributed by atoms with Crippen molar-refractivity contribution >= 4 is 17.5 Å². The summed E-state index contributed by atoms with van der Waals surface area (Å²) in [5.41, 5.74) is 1.17. The van der Waals surface area contributed by atoms with Crippen molar-refractivity contribution in [1.82, 2.24) is 15.6 Å². The molecule has 2 rings (SSSR count). The highest BCUT2D eigenvalue weighted by Gasteiger charge is 2.23. The van der Waals surface area contributed by atoms with Crippen LogP contribution in [0.4, 0.5) is 5.69 Å². The van der Waals surface area contributed by atoms with Crippen molar-refractivity contribution < 1.29 is 9.59 Å². The van der Waals surface area contributed by atoms with Crippen molar-refractivity contribution in [2.24, 2.45) is 0 Å². The van der Waals surface area contributed by atoms with E-state index in [1.807, 2.05) is 6.92 Å². The van der Waals surface area contributed by atoms with E-state index >= 15 is 0 Å². The number of nitrogens with one attached hydrogen (secondary N) is 3. The third-order valence-electron chi connectivity index (χ3n) is 2.78. The van der Waals surface area contributed by atoms with Gasteiger partial charge in [-0.2, -0.15) is 0 Å². The predicted octanol–water partition coefficient (Wildman–Crippen LogP) is 0.522. The van der Waals surface area contributed by atoms with E-state index in [-0.39, 0.29) is 18.4 Å². The Morgan fingerprint density at radius 3 is 2.89 bits per heavy atom. The Morgan fingerprint density at radius 1 is 1.42 bits per heavy atom. The average Bonchev–Trinajstić information content (AvgIpc) is 3.21. The van der Waals surface area contributed by atoms with Gasteiger partial charge in [-0.05, 0) is 25.8 Å². The fourth-order valence-electron chi connectivity index (χ4n) is 1.69. The molecular weight excluding hydrogens is 244 g/mol. The van der Waals surface area contributed by atoms with Crippen LogP contribution in [-0.4, -0.2) is 35.9 Å². The van der Waals surface area contributed by atoms with Gasteiger partial charge < -0.3 is 16.0 Å². The van der Waals surface area contributed by atoms with E-state index in [2.05, 4.69) is 20.9 Å². The minimum atomic E-state index is -0.274. The molecule has 0 bridgehead atoms. The molecule has 0 unspecified atom stereocenters. The lowest BCUT2D eigenvalue weighted by Gasteiger charge is -2.10. The topological polar surface area (TPSA) is 83.1 Å². The van der Waals surface area contributed by atoms with Crippen LogP contribution in [0.3, 0.4) is 0 Å². The maximum Gasteiger partial charge on any atom is 0.253 e. The van der Waals surface area contributed by atoms with Crippen LogP contribution in [0.25, 0.3) is 0 Å². The van der Waals surface area contributed by atoms with Gasteiger partial charge in [-0.25, -0.2) is 0 Å². The van der Waals surface area contributed by atoms with Crippen LogP contribution in [0.5, 0.6) is 0 Å². The highest BCUT2D eigenvalue weighted by molar-refractivity contribution is 6.00. The summed E-state index contributed by atoms with van der Waals surface area (Å²) in [7, 11) is 0. The normalized spacial score (nSPS) is 13.7. The first kappa shape index (κ1) is 13.3. The van der Waals surface area contributed by atoms with Crippen LogP contribution in [0.1, 0.15) is 30.1 Å². The van der Waals surface area contributed by atoms with Gasteiger partial charge in [0.2, 0.25) is 5.91 Å². The SMILES string of the molecule is CCNc1cnccc1C(=O)NCC(=O)NC1CC1. The maximum atomic E-state index is 12.0. The van der Waals surface area contributed by atoms with Crippen molar-refractivity contribution in [3.8, 4) is 0 Å². The zero-order chi connectivity index (χ0) is 13.7. The van der Waals surface area contributed by atoms with Crippen molar-refractivity contribution in [3.05, 3.63) is 24.0 Å². The molecule has 6 heteroatoms. The number of carbonyl (C=O) groups is 2. The molecule has 1 aromatic heterocycles. The van der Waals surface area contributed by atoms with Crippen molar-refractivity contribution in [2.75, 3.05) is 18.4 Å². The molecule has 1 heterocycles. The summed E-state index contributed by atoms with van der Waals surface area (Å²) in [5, 5.41) is 8.49. The second-order valence-electron chi connectivity index (χ2n) is 4.48. The molecule has 1 aliphatic rings. The zero-order valence-electron chi connectivity index (χ0n) is 10.9. The number of hydrogen-bond donors (Lipinski definition) is 3. The summed E-state index contributed by atoms with van der Waals surface area (Å²) in [6.07, 6.45) is 5.23. The van der Waals surface area contributed by atoms with Gasteiger partial charge >= 0.3 is 0 Å². The summed E-state index contributed by atoms with van der Waals surface area (Å²) in [4.78, 5) is 27.4. The number of aromatic nitrogens is 1. The first-order chi connectivity index (χ1) is 9.20. The molecule has 1 aromatic rings. The third-order valence-corrected chi connectivity index (χ3v) is 2.78. The number of anilines is 1. The lowest BCUT2D eigenvalue weighted by atomic mass is 10.2. The van der Waals surface area contributed by atoms with Crippen LogP contribution in [0.2, 0.25) is 0 Å². The highest BCUT2D eigenvalue weighted by Crippen LogP contribution is 2.18. The molecule has 0 atom stereocenters. The highest BCUT2D eigenvalue weighted by atomic mass is 16.2. The summed E-state index contributed by atoms with van der Waals surface area (Å²) >= 11 is 0. The van der Waals surface area contributed by atoms with Gasteiger partial charge in [-0.15, -0.1) is 0 Å². The molecule has 0 radical (unpaired) electrons. The Balaban J connectivity index is 1.89. The molecule has 1 fully saturated rings. The largest absolute Gasteiger partial charge is 0.383 e. The van der Waals surface area contributed by atoms with Gasteiger partial charge in [0.15, 0.2) is 0 Å². The van der Waals surface area contributed by atoms with Gasteiger partial charge in [-0.3, -0.25) is 14.6 Å². The molecule has 102 valence electrons. The molecule has 2 amide bonds. The van der Waals surface area contributed by atoms with E-state index in [4.69, 9.17) is 0 Å². The van der Waals surface area contributed by atoms with Gasteiger partial charge in [0.1, 0.15) is 0 Å². The smallest absolute Gasteiger partial charge is 0.253 e. The lowest BCUT2D eigenvalue weighted by molar-refractivity contribution is -0.120. The number of nitrogens with zero attached hydrogens (tertiary/aromatic N) is 1. The number of pyridine rings is 1. The molecule has 1 saturated carbocycles. The zero-order valence-corrected chi connectivity index (χ0v) is 10.9. The maximum absolute atomic E-state index is 12.0. The van der Waals surface area contributed by atoms with Crippen LogP contribution < -0.4 is 16.0 Å². The summed E-state index contributed by atoms with van der Waals surface area (Å²) < 4.78 is 0. The average molecular weight is 262 g/mol. The van der Waals surface area contributed by atoms with E-state index in [1.165, 1.54) is 0 Å². The molecule has 0 saturated heterocycles. The summed E-state index contributed by atoms with van der Waals surface area (Å²) in [6, 6.07) is 1.94. The number of hydrogen-bond acceptors (Lipinski definition) is 4. The number of amides is 2. The fourth-order valence-corrected chi connectivity index (χ4v) is 1.69. The molecule has 0 aromatic carbocycles. The summed E-state index contributed by atoms with van der Waals surface area (Å²) in [5.74, 6) is -0.417. The van der Waals surface area contributed by atoms with Crippen LogP contribution >= 0.6 is 0 Å². The first-order valence-corrected chi connectivity index (χ1v) is 6.46. The number of carbonyl (C=O) groups excluding carboxylic acids is 2. The van der Waals surface area contributed by atoms with E-state index < -0.39 is 0 Å². The summed E-state index contributed by atoms with van der Waals surface area (Å²) in [6.45, 7) is 2.65. The quantitative estimate of drug-likeness (QED) is 0.698. The molecule has 0 spiro atoms. The lowest BCUT2D eigenvalue weighted by Crippen LogP contribution is -2.38. The Morgan fingerprint density at radius 2 is 2.21 bits per heavy atom. The molecule has 0 aliphatic heterocycles. The predicted molar refractivity (Wildman–Crippen MR) is 71.9 cm³/mol. The molecule has 3 N–H and O–H groups in total. The van der Waals surface area contributed by atoms with E-state index in [9.17, 15) is 9.59 Å².